The topological polar surface area (TPSA) is 38.2 Å². The van der Waals surface area contributed by atoms with Gasteiger partial charge in [-0.2, -0.15) is 4.37 Å². The largest absolute Gasteiger partial charge is 0.377 e. The first kappa shape index (κ1) is 12.6. The Balaban J connectivity index is 1.51. The molecule has 1 saturated carbocycles. The van der Waals surface area contributed by atoms with Crippen molar-refractivity contribution < 1.29 is 4.74 Å². The van der Waals surface area contributed by atoms with E-state index in [4.69, 9.17) is 16.3 Å². The van der Waals surface area contributed by atoms with E-state index in [1.54, 1.807) is 11.5 Å². The normalized spacial score (nSPS) is 21.5. The summed E-state index contributed by atoms with van der Waals surface area (Å²) in [6.45, 7) is 2.70. The molecule has 0 spiro atoms. The highest BCUT2D eigenvalue weighted by Gasteiger charge is 2.29. The van der Waals surface area contributed by atoms with Crippen LogP contribution < -0.4 is 4.90 Å². The molecule has 0 N–H and O–H groups in total. The molecule has 0 bridgehead atoms. The SMILES string of the molecule is ClCCOC1CCN(c2nc(C3CC3)ns2)CC1. The van der Waals surface area contributed by atoms with Crippen molar-refractivity contribution in [3.05, 3.63) is 5.82 Å². The minimum absolute atomic E-state index is 0.371. The van der Waals surface area contributed by atoms with Gasteiger partial charge in [0, 0.05) is 36.4 Å². The van der Waals surface area contributed by atoms with E-state index in [0.717, 1.165) is 36.9 Å². The first-order valence-corrected chi connectivity index (χ1v) is 7.93. The van der Waals surface area contributed by atoms with Gasteiger partial charge in [-0.25, -0.2) is 4.98 Å². The molecular weight excluding hydrogens is 270 g/mol. The van der Waals surface area contributed by atoms with Crippen molar-refractivity contribution in [2.75, 3.05) is 30.5 Å². The van der Waals surface area contributed by atoms with Crippen LogP contribution in [0.2, 0.25) is 0 Å². The number of rotatable bonds is 5. The van der Waals surface area contributed by atoms with Crippen LogP contribution in [0.25, 0.3) is 0 Å². The molecular formula is C12H18ClN3OS. The van der Waals surface area contributed by atoms with E-state index in [0.29, 0.717) is 24.5 Å². The fourth-order valence-electron chi connectivity index (χ4n) is 2.29. The van der Waals surface area contributed by atoms with Gasteiger partial charge in [-0.1, -0.05) is 0 Å². The van der Waals surface area contributed by atoms with Gasteiger partial charge in [0.05, 0.1) is 12.7 Å². The first-order valence-electron chi connectivity index (χ1n) is 6.63. The van der Waals surface area contributed by atoms with Crippen LogP contribution in [0.4, 0.5) is 5.13 Å². The second-order valence-electron chi connectivity index (χ2n) is 4.96. The molecule has 1 aliphatic carbocycles. The summed E-state index contributed by atoms with van der Waals surface area (Å²) >= 11 is 7.18. The third kappa shape index (κ3) is 2.95. The molecule has 6 heteroatoms. The maximum atomic E-state index is 5.68. The quantitative estimate of drug-likeness (QED) is 0.781. The van der Waals surface area contributed by atoms with Crippen molar-refractivity contribution in [1.29, 1.82) is 0 Å². The van der Waals surface area contributed by atoms with E-state index >= 15 is 0 Å². The average molecular weight is 288 g/mol. The molecule has 2 fully saturated rings. The zero-order chi connectivity index (χ0) is 12.4. The summed E-state index contributed by atoms with van der Waals surface area (Å²) in [5.74, 6) is 2.30. The van der Waals surface area contributed by atoms with Gasteiger partial charge >= 0.3 is 0 Å². The van der Waals surface area contributed by atoms with Crippen LogP contribution in [0.1, 0.15) is 37.4 Å². The molecule has 18 heavy (non-hydrogen) atoms. The molecule has 1 aromatic rings. The second-order valence-corrected chi connectivity index (χ2v) is 6.06. The molecule has 2 aliphatic rings. The molecule has 0 aromatic carbocycles. The summed E-state index contributed by atoms with van der Waals surface area (Å²) < 4.78 is 10.1. The van der Waals surface area contributed by atoms with Crippen molar-refractivity contribution in [2.45, 2.75) is 37.7 Å². The van der Waals surface area contributed by atoms with Crippen LogP contribution in [0.5, 0.6) is 0 Å². The Morgan fingerprint density at radius 1 is 1.28 bits per heavy atom. The number of ether oxygens (including phenoxy) is 1. The molecule has 2 heterocycles. The molecule has 0 atom stereocenters. The van der Waals surface area contributed by atoms with Gasteiger partial charge < -0.3 is 9.64 Å². The van der Waals surface area contributed by atoms with Gasteiger partial charge in [0.15, 0.2) is 0 Å². The highest BCUT2D eigenvalue weighted by Crippen LogP contribution is 2.39. The number of hydrogen-bond donors (Lipinski definition) is 0. The number of piperidine rings is 1. The van der Waals surface area contributed by atoms with Gasteiger partial charge in [0.2, 0.25) is 5.13 Å². The lowest BCUT2D eigenvalue weighted by molar-refractivity contribution is 0.0472. The molecule has 4 nitrogen and oxygen atoms in total. The predicted molar refractivity (Wildman–Crippen MR) is 73.8 cm³/mol. The fraction of sp³-hybridized carbons (Fsp3) is 0.833. The third-order valence-electron chi connectivity index (χ3n) is 3.52. The number of alkyl halides is 1. The third-order valence-corrected chi connectivity index (χ3v) is 4.46. The van der Waals surface area contributed by atoms with Gasteiger partial charge in [0.25, 0.3) is 0 Å². The minimum atomic E-state index is 0.371. The highest BCUT2D eigenvalue weighted by molar-refractivity contribution is 7.09. The highest BCUT2D eigenvalue weighted by atomic mass is 35.5. The number of anilines is 1. The lowest BCUT2D eigenvalue weighted by Crippen LogP contribution is -2.37. The van der Waals surface area contributed by atoms with Crippen LogP contribution in [0, 0.1) is 0 Å². The summed E-state index contributed by atoms with van der Waals surface area (Å²) in [5, 5.41) is 1.09. The zero-order valence-corrected chi connectivity index (χ0v) is 11.9. The average Bonchev–Trinajstić information content (AvgIpc) is 3.15. The van der Waals surface area contributed by atoms with Crippen LogP contribution in [0.15, 0.2) is 0 Å². The fourth-order valence-corrected chi connectivity index (χ4v) is 3.17. The Morgan fingerprint density at radius 2 is 2.06 bits per heavy atom. The van der Waals surface area contributed by atoms with E-state index in [-0.39, 0.29) is 0 Å². The van der Waals surface area contributed by atoms with Crippen LogP contribution in [-0.4, -0.2) is 41.0 Å². The molecule has 3 rings (SSSR count). The smallest absolute Gasteiger partial charge is 0.205 e. The van der Waals surface area contributed by atoms with E-state index in [2.05, 4.69) is 14.3 Å². The van der Waals surface area contributed by atoms with Crippen molar-refractivity contribution in [2.24, 2.45) is 0 Å². The van der Waals surface area contributed by atoms with Crippen molar-refractivity contribution in [1.82, 2.24) is 9.36 Å². The maximum Gasteiger partial charge on any atom is 0.205 e. The lowest BCUT2D eigenvalue weighted by Gasteiger charge is -2.31. The number of hydrogen-bond acceptors (Lipinski definition) is 5. The van der Waals surface area contributed by atoms with E-state index < -0.39 is 0 Å². The predicted octanol–water partition coefficient (Wildman–Crippen LogP) is 2.64. The van der Waals surface area contributed by atoms with E-state index in [1.165, 1.54) is 12.8 Å². The standard InChI is InChI=1S/C12H18ClN3OS/c13-5-8-17-10-3-6-16(7-4-10)12-14-11(15-18-12)9-1-2-9/h9-10H,1-8H2. The molecule has 0 unspecified atom stereocenters. The van der Waals surface area contributed by atoms with Gasteiger partial charge in [-0.3, -0.25) is 0 Å². The molecule has 100 valence electrons. The maximum absolute atomic E-state index is 5.68. The Morgan fingerprint density at radius 3 is 2.72 bits per heavy atom. The van der Waals surface area contributed by atoms with Gasteiger partial charge in [0.1, 0.15) is 5.82 Å². The Bertz CT molecular complexity index is 388. The van der Waals surface area contributed by atoms with E-state index in [9.17, 15) is 0 Å². The van der Waals surface area contributed by atoms with Crippen molar-refractivity contribution in [3.63, 3.8) is 0 Å². The lowest BCUT2D eigenvalue weighted by atomic mass is 10.1. The second kappa shape index (κ2) is 5.72. The summed E-state index contributed by atoms with van der Waals surface area (Å²) in [5.41, 5.74) is 0. The molecule has 0 amide bonds. The zero-order valence-electron chi connectivity index (χ0n) is 10.3. The molecule has 0 radical (unpaired) electrons. The summed E-state index contributed by atoms with van der Waals surface area (Å²) in [7, 11) is 0. The Labute approximate surface area is 116 Å². The summed E-state index contributed by atoms with van der Waals surface area (Å²) in [6.07, 6.45) is 5.04. The number of aromatic nitrogens is 2. The number of halogens is 1. The van der Waals surface area contributed by atoms with Crippen molar-refractivity contribution >= 4 is 28.3 Å². The minimum Gasteiger partial charge on any atom is -0.377 e. The van der Waals surface area contributed by atoms with Crippen LogP contribution in [-0.2, 0) is 4.74 Å². The summed E-state index contributed by atoms with van der Waals surface area (Å²) in [6, 6.07) is 0. The van der Waals surface area contributed by atoms with Gasteiger partial charge in [-0.15, -0.1) is 11.6 Å². The molecule has 1 aromatic heterocycles. The van der Waals surface area contributed by atoms with Crippen molar-refractivity contribution in [3.8, 4) is 0 Å². The molecule has 1 saturated heterocycles. The monoisotopic (exact) mass is 287 g/mol. The van der Waals surface area contributed by atoms with Crippen LogP contribution >= 0.6 is 23.1 Å². The van der Waals surface area contributed by atoms with Crippen LogP contribution in [0.3, 0.4) is 0 Å². The Kier molecular flexibility index (Phi) is 4.01. The number of nitrogens with zero attached hydrogens (tertiary/aromatic N) is 3. The van der Waals surface area contributed by atoms with E-state index in [1.807, 2.05) is 0 Å². The Hall–Kier alpha value is -0.390. The first-order chi connectivity index (χ1) is 8.86. The summed E-state index contributed by atoms with van der Waals surface area (Å²) in [4.78, 5) is 6.99. The van der Waals surface area contributed by atoms with Gasteiger partial charge in [-0.05, 0) is 25.7 Å². The molecule has 1 aliphatic heterocycles.